The fourth-order valence-corrected chi connectivity index (χ4v) is 4.64. The standard InChI is InChI=1S/C17H26N2O5S/c1-17(2,24-18-13-20)12-14-8-10-19(11-9-14)25(21,22)16-6-4-15(23-3)5-7-16/h4-7,13-14H,8-12H2,1-3H3,(H,18,20). The summed E-state index contributed by atoms with van der Waals surface area (Å²) in [5, 5.41) is 0. The molecule has 1 aliphatic heterocycles. The third-order valence-electron chi connectivity index (χ3n) is 4.43. The number of nitrogens with one attached hydrogen (secondary N) is 1. The number of carbonyl (C=O) groups excluding carboxylic acids is 1. The summed E-state index contributed by atoms with van der Waals surface area (Å²) < 4.78 is 32.1. The number of piperidine rings is 1. The van der Waals surface area contributed by atoms with Crippen molar-refractivity contribution >= 4 is 16.4 Å². The van der Waals surface area contributed by atoms with Gasteiger partial charge in [0.1, 0.15) is 5.75 Å². The number of hydrogen-bond acceptors (Lipinski definition) is 5. The van der Waals surface area contributed by atoms with Crippen LogP contribution in [-0.4, -0.2) is 44.9 Å². The Balaban J connectivity index is 1.95. The number of nitrogens with zero attached hydrogens (tertiary/aromatic N) is 1. The van der Waals surface area contributed by atoms with E-state index in [0.29, 0.717) is 31.2 Å². The van der Waals surface area contributed by atoms with E-state index in [9.17, 15) is 13.2 Å². The first kappa shape index (κ1) is 19.7. The van der Waals surface area contributed by atoms with Crippen LogP contribution in [0.2, 0.25) is 0 Å². The van der Waals surface area contributed by atoms with E-state index in [4.69, 9.17) is 9.57 Å². The number of hydrogen-bond donors (Lipinski definition) is 1. The molecule has 7 nitrogen and oxygen atoms in total. The van der Waals surface area contributed by atoms with Gasteiger partial charge >= 0.3 is 0 Å². The van der Waals surface area contributed by atoms with Crippen molar-refractivity contribution in [3.8, 4) is 5.75 Å². The molecule has 0 atom stereocenters. The highest BCUT2D eigenvalue weighted by Gasteiger charge is 2.32. The average molecular weight is 370 g/mol. The topological polar surface area (TPSA) is 84.9 Å². The molecule has 8 heteroatoms. The van der Waals surface area contributed by atoms with Gasteiger partial charge < -0.3 is 4.74 Å². The minimum absolute atomic E-state index is 0.283. The number of ether oxygens (including phenoxy) is 1. The first-order valence-electron chi connectivity index (χ1n) is 8.30. The van der Waals surface area contributed by atoms with Crippen molar-refractivity contribution in [1.82, 2.24) is 9.79 Å². The largest absolute Gasteiger partial charge is 0.497 e. The molecule has 1 aromatic carbocycles. The molecule has 0 radical (unpaired) electrons. The van der Waals surface area contributed by atoms with E-state index in [1.165, 1.54) is 4.31 Å². The van der Waals surface area contributed by atoms with Crippen LogP contribution in [0.25, 0.3) is 0 Å². The molecule has 0 spiro atoms. The lowest BCUT2D eigenvalue weighted by Gasteiger charge is -2.35. The summed E-state index contributed by atoms with van der Waals surface area (Å²) in [5.74, 6) is 0.981. The monoisotopic (exact) mass is 370 g/mol. The molecule has 1 heterocycles. The zero-order chi connectivity index (χ0) is 18.5. The van der Waals surface area contributed by atoms with Gasteiger partial charge in [-0.1, -0.05) is 0 Å². The third kappa shape index (κ3) is 5.17. The summed E-state index contributed by atoms with van der Waals surface area (Å²) in [5.41, 5.74) is 1.76. The van der Waals surface area contributed by atoms with Crippen LogP contribution < -0.4 is 10.2 Å². The lowest BCUT2D eigenvalue weighted by atomic mass is 9.87. The van der Waals surface area contributed by atoms with Crippen LogP contribution in [0.5, 0.6) is 5.75 Å². The summed E-state index contributed by atoms with van der Waals surface area (Å²) in [7, 11) is -1.93. The minimum Gasteiger partial charge on any atom is -0.497 e. The Morgan fingerprint density at radius 3 is 2.36 bits per heavy atom. The summed E-state index contributed by atoms with van der Waals surface area (Å²) in [6, 6.07) is 6.45. The molecule has 1 aromatic rings. The number of benzene rings is 1. The van der Waals surface area contributed by atoms with Crippen molar-refractivity contribution in [1.29, 1.82) is 0 Å². The average Bonchev–Trinajstić information content (AvgIpc) is 2.60. The number of carbonyl (C=O) groups is 1. The molecule has 0 aliphatic carbocycles. The maximum Gasteiger partial charge on any atom is 0.243 e. The van der Waals surface area contributed by atoms with E-state index < -0.39 is 15.6 Å². The van der Waals surface area contributed by atoms with Gasteiger partial charge in [0.2, 0.25) is 16.4 Å². The van der Waals surface area contributed by atoms with E-state index in [1.54, 1.807) is 31.4 Å². The number of rotatable bonds is 8. The van der Waals surface area contributed by atoms with E-state index in [0.717, 1.165) is 19.3 Å². The second-order valence-corrected chi connectivity index (χ2v) is 8.76. The van der Waals surface area contributed by atoms with Crippen LogP contribution in [-0.2, 0) is 19.7 Å². The molecule has 0 saturated carbocycles. The first-order valence-corrected chi connectivity index (χ1v) is 9.74. The van der Waals surface area contributed by atoms with Gasteiger partial charge in [-0.05, 0) is 63.3 Å². The molecular weight excluding hydrogens is 344 g/mol. The Bertz CT molecular complexity index is 665. The second kappa shape index (κ2) is 8.16. The van der Waals surface area contributed by atoms with Crippen LogP contribution in [0.4, 0.5) is 0 Å². The van der Waals surface area contributed by atoms with Gasteiger partial charge in [-0.15, -0.1) is 0 Å². The second-order valence-electron chi connectivity index (χ2n) is 6.82. The van der Waals surface area contributed by atoms with Crippen molar-refractivity contribution in [2.75, 3.05) is 20.2 Å². The number of sulfonamides is 1. The van der Waals surface area contributed by atoms with Gasteiger partial charge in [-0.25, -0.2) is 13.9 Å². The maximum atomic E-state index is 12.7. The van der Waals surface area contributed by atoms with Crippen LogP contribution in [0.15, 0.2) is 29.2 Å². The van der Waals surface area contributed by atoms with Gasteiger partial charge in [-0.2, -0.15) is 4.31 Å². The fraction of sp³-hybridized carbons (Fsp3) is 0.588. The normalized spacial score (nSPS) is 17.2. The smallest absolute Gasteiger partial charge is 0.243 e. The van der Waals surface area contributed by atoms with E-state index in [1.807, 2.05) is 13.8 Å². The van der Waals surface area contributed by atoms with E-state index in [2.05, 4.69) is 5.48 Å². The molecule has 1 amide bonds. The molecule has 25 heavy (non-hydrogen) atoms. The Kier molecular flexibility index (Phi) is 6.42. The van der Waals surface area contributed by atoms with Crippen molar-refractivity contribution in [2.45, 2.75) is 43.6 Å². The molecule has 140 valence electrons. The van der Waals surface area contributed by atoms with Crippen LogP contribution in [0.3, 0.4) is 0 Å². The zero-order valence-electron chi connectivity index (χ0n) is 14.9. The number of amides is 1. The van der Waals surface area contributed by atoms with Crippen molar-refractivity contribution in [2.24, 2.45) is 5.92 Å². The molecule has 1 N–H and O–H groups in total. The first-order chi connectivity index (χ1) is 11.8. The highest BCUT2D eigenvalue weighted by atomic mass is 32.2. The van der Waals surface area contributed by atoms with Gasteiger partial charge in [-0.3, -0.25) is 9.63 Å². The quantitative estimate of drug-likeness (QED) is 0.558. The molecule has 1 fully saturated rings. The molecule has 0 unspecified atom stereocenters. The highest BCUT2D eigenvalue weighted by Crippen LogP contribution is 2.30. The van der Waals surface area contributed by atoms with Crippen LogP contribution in [0.1, 0.15) is 33.1 Å². The zero-order valence-corrected chi connectivity index (χ0v) is 15.7. The predicted octanol–water partition coefficient (Wildman–Crippen LogP) is 1.94. The fourth-order valence-electron chi connectivity index (χ4n) is 3.17. The van der Waals surface area contributed by atoms with Gasteiger partial charge in [0, 0.05) is 13.1 Å². The molecule has 0 aromatic heterocycles. The predicted molar refractivity (Wildman–Crippen MR) is 93.5 cm³/mol. The summed E-state index contributed by atoms with van der Waals surface area (Å²) in [6.45, 7) is 4.78. The van der Waals surface area contributed by atoms with Crippen LogP contribution >= 0.6 is 0 Å². The SMILES string of the molecule is COc1ccc(S(=O)(=O)N2CCC(CC(C)(C)ONC=O)CC2)cc1. The minimum atomic E-state index is -3.48. The van der Waals surface area contributed by atoms with Crippen molar-refractivity contribution in [3.05, 3.63) is 24.3 Å². The van der Waals surface area contributed by atoms with Gasteiger partial charge in [0.25, 0.3) is 0 Å². The van der Waals surface area contributed by atoms with Crippen molar-refractivity contribution < 1.29 is 22.8 Å². The van der Waals surface area contributed by atoms with Gasteiger partial charge in [0.05, 0.1) is 17.6 Å². The molecule has 0 bridgehead atoms. The highest BCUT2D eigenvalue weighted by molar-refractivity contribution is 7.89. The van der Waals surface area contributed by atoms with E-state index >= 15 is 0 Å². The Hall–Kier alpha value is -1.64. The maximum absolute atomic E-state index is 12.7. The molecule has 2 rings (SSSR count). The summed E-state index contributed by atoms with van der Waals surface area (Å²) >= 11 is 0. The number of methoxy groups -OCH3 is 1. The molecule has 1 aliphatic rings. The van der Waals surface area contributed by atoms with E-state index in [-0.39, 0.29) is 4.90 Å². The molecule has 1 saturated heterocycles. The third-order valence-corrected chi connectivity index (χ3v) is 6.35. The Morgan fingerprint density at radius 2 is 1.84 bits per heavy atom. The van der Waals surface area contributed by atoms with Crippen LogP contribution in [0, 0.1) is 5.92 Å². The Labute approximate surface area is 149 Å². The number of hydroxylamine groups is 1. The van der Waals surface area contributed by atoms with Crippen molar-refractivity contribution in [3.63, 3.8) is 0 Å². The summed E-state index contributed by atoms with van der Waals surface area (Å²) in [4.78, 5) is 15.9. The molecular formula is C17H26N2O5S. The lowest BCUT2D eigenvalue weighted by molar-refractivity contribution is -0.138. The van der Waals surface area contributed by atoms with Gasteiger partial charge in [0.15, 0.2) is 0 Å². The summed E-state index contributed by atoms with van der Waals surface area (Å²) in [6.07, 6.45) is 2.79. The lowest BCUT2D eigenvalue weighted by Crippen LogP contribution is -2.41. The Morgan fingerprint density at radius 1 is 1.24 bits per heavy atom.